The molecule has 108 valence electrons. The van der Waals surface area contributed by atoms with Crippen molar-refractivity contribution in [3.05, 3.63) is 29.3 Å². The van der Waals surface area contributed by atoms with Crippen LogP contribution in [-0.2, 0) is 26.7 Å². The summed E-state index contributed by atoms with van der Waals surface area (Å²) in [5.74, 6) is -0.580. The molecule has 1 aromatic carbocycles. The van der Waals surface area contributed by atoms with Gasteiger partial charge in [0.15, 0.2) is 0 Å². The van der Waals surface area contributed by atoms with Gasteiger partial charge < -0.3 is 10.5 Å². The second-order valence-electron chi connectivity index (χ2n) is 4.10. The standard InChI is InChI=1S/C10H9NO7S2/c11-5-3-6-8(19(13,14)15)2-1-7(12)10(6)9(4-5)20(16,17)18/h1-2,4,11-12H,3H2,(H,13,14,15)(H,16,17,18). The first-order chi connectivity index (χ1) is 9.01. The lowest BCUT2D eigenvalue weighted by molar-refractivity contribution is 0.467. The van der Waals surface area contributed by atoms with E-state index in [9.17, 15) is 21.9 Å². The van der Waals surface area contributed by atoms with Crippen LogP contribution in [0.5, 0.6) is 5.75 Å². The van der Waals surface area contributed by atoms with Crippen LogP contribution in [0.3, 0.4) is 0 Å². The van der Waals surface area contributed by atoms with Crippen molar-refractivity contribution < 1.29 is 31.0 Å². The smallest absolute Gasteiger partial charge is 0.295 e. The van der Waals surface area contributed by atoms with E-state index in [2.05, 4.69) is 0 Å². The highest BCUT2D eigenvalue weighted by molar-refractivity contribution is 7.95. The highest BCUT2D eigenvalue weighted by atomic mass is 32.2. The average Bonchev–Trinajstić information content (AvgIpc) is 2.24. The lowest BCUT2D eigenvalue weighted by Crippen LogP contribution is -2.17. The summed E-state index contributed by atoms with van der Waals surface area (Å²) in [5.41, 5.74) is -0.980. The van der Waals surface area contributed by atoms with Crippen LogP contribution in [0.15, 0.2) is 23.1 Å². The van der Waals surface area contributed by atoms with Gasteiger partial charge in [-0.05, 0) is 23.8 Å². The van der Waals surface area contributed by atoms with Gasteiger partial charge in [-0.2, -0.15) is 16.8 Å². The Morgan fingerprint density at radius 1 is 1.05 bits per heavy atom. The molecule has 1 aliphatic rings. The summed E-state index contributed by atoms with van der Waals surface area (Å²) in [4.78, 5) is -1.41. The monoisotopic (exact) mass is 319 g/mol. The topological polar surface area (TPSA) is 153 Å². The number of allylic oxidation sites excluding steroid dienone is 1. The molecule has 0 atom stereocenters. The Bertz CT molecular complexity index is 850. The zero-order chi connectivity index (χ0) is 15.3. The maximum Gasteiger partial charge on any atom is 0.295 e. The summed E-state index contributed by atoms with van der Waals surface area (Å²) in [6, 6.07) is 1.78. The molecular formula is C10H9NO7S2. The van der Waals surface area contributed by atoms with Crippen molar-refractivity contribution >= 4 is 30.9 Å². The predicted octanol–water partition coefficient (Wildman–Crippen LogP) is 0.443. The van der Waals surface area contributed by atoms with E-state index < -0.39 is 41.3 Å². The third kappa shape index (κ3) is 2.45. The molecule has 0 saturated carbocycles. The summed E-state index contributed by atoms with van der Waals surface area (Å²) in [5, 5.41) is 17.2. The minimum Gasteiger partial charge on any atom is -0.507 e. The first-order valence-electron chi connectivity index (χ1n) is 5.11. The van der Waals surface area contributed by atoms with E-state index >= 15 is 0 Å². The van der Waals surface area contributed by atoms with E-state index in [0.29, 0.717) is 0 Å². The van der Waals surface area contributed by atoms with E-state index in [1.54, 1.807) is 0 Å². The SMILES string of the molecule is N=C1C=C(S(=O)(=O)O)c2c(O)ccc(S(=O)(=O)O)c2C1. The van der Waals surface area contributed by atoms with Gasteiger partial charge in [0.05, 0.1) is 4.90 Å². The van der Waals surface area contributed by atoms with E-state index in [0.717, 1.165) is 18.2 Å². The second kappa shape index (κ2) is 4.38. The average molecular weight is 319 g/mol. The number of phenols is 1. The predicted molar refractivity (Wildman–Crippen MR) is 68.9 cm³/mol. The van der Waals surface area contributed by atoms with Crippen molar-refractivity contribution in [1.29, 1.82) is 5.41 Å². The molecule has 0 heterocycles. The molecule has 0 saturated heterocycles. The number of nitrogens with one attached hydrogen (secondary N) is 1. The van der Waals surface area contributed by atoms with Gasteiger partial charge in [-0.3, -0.25) is 9.11 Å². The van der Waals surface area contributed by atoms with Gasteiger partial charge in [0.25, 0.3) is 20.2 Å². The third-order valence-electron chi connectivity index (χ3n) is 2.72. The van der Waals surface area contributed by atoms with Gasteiger partial charge in [0.1, 0.15) is 10.7 Å². The van der Waals surface area contributed by atoms with E-state index in [1.165, 1.54) is 0 Å². The van der Waals surface area contributed by atoms with Crippen LogP contribution in [-0.4, -0.2) is 36.8 Å². The highest BCUT2D eigenvalue weighted by Gasteiger charge is 2.31. The lowest BCUT2D eigenvalue weighted by Gasteiger charge is -2.19. The molecule has 8 nitrogen and oxygen atoms in total. The van der Waals surface area contributed by atoms with Crippen molar-refractivity contribution in [3.63, 3.8) is 0 Å². The zero-order valence-electron chi connectivity index (χ0n) is 9.73. The van der Waals surface area contributed by atoms with Crippen LogP contribution in [0.25, 0.3) is 4.91 Å². The highest BCUT2D eigenvalue weighted by Crippen LogP contribution is 2.38. The largest absolute Gasteiger partial charge is 0.507 e. The molecule has 1 aromatic rings. The van der Waals surface area contributed by atoms with Gasteiger partial charge in [-0.1, -0.05) is 0 Å². The van der Waals surface area contributed by atoms with Crippen LogP contribution >= 0.6 is 0 Å². The molecule has 0 radical (unpaired) electrons. The summed E-state index contributed by atoms with van der Waals surface area (Å²) < 4.78 is 63.3. The Labute approximate surface area is 114 Å². The number of rotatable bonds is 2. The van der Waals surface area contributed by atoms with Crippen molar-refractivity contribution in [3.8, 4) is 5.75 Å². The summed E-state index contributed by atoms with van der Waals surface area (Å²) in [6.45, 7) is 0. The van der Waals surface area contributed by atoms with Crippen LogP contribution in [0, 0.1) is 5.41 Å². The Morgan fingerprint density at radius 2 is 1.65 bits per heavy atom. The summed E-state index contributed by atoms with van der Waals surface area (Å²) in [6.07, 6.45) is 0.503. The number of fused-ring (bicyclic) bond motifs is 1. The first kappa shape index (κ1) is 14.7. The quantitative estimate of drug-likeness (QED) is 0.577. The molecule has 0 fully saturated rings. The molecule has 0 unspecified atom stereocenters. The normalized spacial score (nSPS) is 15.7. The molecule has 1 aliphatic carbocycles. The fraction of sp³-hybridized carbons (Fsp3) is 0.100. The first-order valence-corrected chi connectivity index (χ1v) is 7.99. The van der Waals surface area contributed by atoms with Gasteiger partial charge in [-0.15, -0.1) is 0 Å². The number of aromatic hydroxyl groups is 1. The Kier molecular flexibility index (Phi) is 3.21. The summed E-state index contributed by atoms with van der Waals surface area (Å²) >= 11 is 0. The molecule has 10 heteroatoms. The van der Waals surface area contributed by atoms with Crippen molar-refractivity contribution in [2.45, 2.75) is 11.3 Å². The van der Waals surface area contributed by atoms with Crippen LogP contribution < -0.4 is 0 Å². The summed E-state index contributed by atoms with van der Waals surface area (Å²) in [7, 11) is -9.44. The van der Waals surface area contributed by atoms with Crippen LogP contribution in [0.4, 0.5) is 0 Å². The minimum absolute atomic E-state index is 0.257. The van der Waals surface area contributed by atoms with Gasteiger partial charge in [0.2, 0.25) is 0 Å². The fourth-order valence-electron chi connectivity index (χ4n) is 1.98. The number of hydrogen-bond acceptors (Lipinski definition) is 6. The third-order valence-corrected chi connectivity index (χ3v) is 4.54. The van der Waals surface area contributed by atoms with Crippen molar-refractivity contribution in [2.24, 2.45) is 0 Å². The van der Waals surface area contributed by atoms with Crippen molar-refractivity contribution in [2.75, 3.05) is 0 Å². The van der Waals surface area contributed by atoms with Gasteiger partial charge in [0, 0.05) is 17.7 Å². The van der Waals surface area contributed by atoms with Gasteiger partial charge >= 0.3 is 0 Å². The molecular weight excluding hydrogens is 310 g/mol. The number of phenolic OH excluding ortho intramolecular Hbond substituents is 1. The molecule has 0 aliphatic heterocycles. The molecule has 4 N–H and O–H groups in total. The molecule has 0 amide bonds. The number of benzene rings is 1. The molecule has 0 aromatic heterocycles. The maximum atomic E-state index is 11.3. The Balaban J connectivity index is 2.93. The molecule has 2 rings (SSSR count). The van der Waals surface area contributed by atoms with Gasteiger partial charge in [-0.25, -0.2) is 0 Å². The Hall–Kier alpha value is -1.75. The molecule has 0 spiro atoms. The minimum atomic E-state index is -4.77. The fourth-order valence-corrected chi connectivity index (χ4v) is 3.49. The van der Waals surface area contributed by atoms with E-state index in [4.69, 9.17) is 14.5 Å². The molecule has 20 heavy (non-hydrogen) atoms. The van der Waals surface area contributed by atoms with Crippen molar-refractivity contribution in [1.82, 2.24) is 0 Å². The van der Waals surface area contributed by atoms with Crippen LogP contribution in [0.2, 0.25) is 0 Å². The number of hydrogen-bond donors (Lipinski definition) is 4. The second-order valence-corrected chi connectivity index (χ2v) is 6.88. The lowest BCUT2D eigenvalue weighted by atomic mass is 9.95. The zero-order valence-corrected chi connectivity index (χ0v) is 11.4. The molecule has 0 bridgehead atoms. The van der Waals surface area contributed by atoms with E-state index in [-0.39, 0.29) is 17.7 Å². The maximum absolute atomic E-state index is 11.3. The Morgan fingerprint density at radius 3 is 2.15 bits per heavy atom. The van der Waals surface area contributed by atoms with Crippen LogP contribution in [0.1, 0.15) is 11.1 Å². The van der Waals surface area contributed by atoms with E-state index in [1.807, 2.05) is 0 Å².